The molecule has 0 fully saturated rings. The Labute approximate surface area is 157 Å². The number of ketones is 1. The van der Waals surface area contributed by atoms with E-state index in [0.29, 0.717) is 18.8 Å². The lowest BCUT2D eigenvalue weighted by Gasteiger charge is -2.33. The molecule has 5 heteroatoms. The zero-order chi connectivity index (χ0) is 20.0. The summed E-state index contributed by atoms with van der Waals surface area (Å²) in [6.45, 7) is 9.65. The molecule has 150 valence electrons. The van der Waals surface area contributed by atoms with Crippen molar-refractivity contribution in [1.29, 1.82) is 0 Å². The van der Waals surface area contributed by atoms with Crippen molar-refractivity contribution < 1.29 is 24.5 Å². The number of aliphatic hydroxyl groups is 2. The van der Waals surface area contributed by atoms with E-state index in [1.54, 1.807) is 13.8 Å². The summed E-state index contributed by atoms with van der Waals surface area (Å²) in [5, 5.41) is 20.4. The van der Waals surface area contributed by atoms with E-state index in [9.17, 15) is 19.8 Å². The topological polar surface area (TPSA) is 83.8 Å². The largest absolute Gasteiger partial charge is 0.461 e. The van der Waals surface area contributed by atoms with Crippen molar-refractivity contribution in [3.63, 3.8) is 0 Å². The monoisotopic (exact) mass is 368 g/mol. The molecular weight excluding hydrogens is 332 g/mol. The molecule has 1 rings (SSSR count). The van der Waals surface area contributed by atoms with Crippen LogP contribution in [0, 0.1) is 17.3 Å². The number of allylic oxidation sites excluding steroid dienone is 1. The fourth-order valence-corrected chi connectivity index (χ4v) is 3.79. The van der Waals surface area contributed by atoms with Gasteiger partial charge < -0.3 is 14.9 Å². The molecule has 0 aromatic carbocycles. The number of carbonyl (C=O) groups is 2. The minimum absolute atomic E-state index is 0.0182. The van der Waals surface area contributed by atoms with Crippen LogP contribution in [-0.2, 0) is 14.3 Å². The highest BCUT2D eigenvalue weighted by Crippen LogP contribution is 2.35. The van der Waals surface area contributed by atoms with Crippen molar-refractivity contribution in [3.05, 3.63) is 11.6 Å². The first-order valence-corrected chi connectivity index (χ1v) is 9.81. The summed E-state index contributed by atoms with van der Waals surface area (Å²) in [6.07, 6.45) is 6.83. The van der Waals surface area contributed by atoms with Gasteiger partial charge in [-0.05, 0) is 44.9 Å². The number of rotatable bonds is 1. The predicted molar refractivity (Wildman–Crippen MR) is 101 cm³/mol. The van der Waals surface area contributed by atoms with E-state index in [-0.39, 0.29) is 24.7 Å². The molecule has 2 unspecified atom stereocenters. The average molecular weight is 369 g/mol. The number of ether oxygens (including phenoxy) is 1. The zero-order valence-corrected chi connectivity index (χ0v) is 17.0. The molecule has 0 amide bonds. The molecule has 0 saturated carbocycles. The summed E-state index contributed by atoms with van der Waals surface area (Å²) in [7, 11) is 0. The average Bonchev–Trinajstić information content (AvgIpc) is 2.53. The number of hydrogen-bond donors (Lipinski definition) is 2. The number of cyclic esters (lactones) is 1. The highest BCUT2D eigenvalue weighted by molar-refractivity contribution is 5.87. The molecule has 1 heterocycles. The molecule has 1 aliphatic rings. The van der Waals surface area contributed by atoms with Crippen molar-refractivity contribution >= 4 is 11.8 Å². The summed E-state index contributed by atoms with van der Waals surface area (Å²) in [5.74, 6) is -3.47. The van der Waals surface area contributed by atoms with Crippen LogP contribution in [0.2, 0.25) is 0 Å². The second kappa shape index (κ2) is 9.65. The first kappa shape index (κ1) is 22.8. The predicted octanol–water partition coefficient (Wildman–Crippen LogP) is 3.77. The molecule has 0 spiro atoms. The van der Waals surface area contributed by atoms with E-state index < -0.39 is 17.2 Å². The van der Waals surface area contributed by atoms with Crippen LogP contribution >= 0.6 is 0 Å². The molecule has 0 radical (unpaired) electrons. The molecular formula is C21H36O5. The van der Waals surface area contributed by atoms with Gasteiger partial charge in [0, 0.05) is 17.8 Å². The van der Waals surface area contributed by atoms with Crippen LogP contribution in [0.25, 0.3) is 0 Å². The Hall–Kier alpha value is -1.20. The lowest BCUT2D eigenvalue weighted by molar-refractivity contribution is -0.218. The molecule has 5 nitrogen and oxygen atoms in total. The van der Waals surface area contributed by atoms with Gasteiger partial charge >= 0.3 is 5.97 Å². The zero-order valence-electron chi connectivity index (χ0n) is 17.0. The maximum atomic E-state index is 13.0. The molecule has 0 aliphatic carbocycles. The number of hydrogen-bond acceptors (Lipinski definition) is 5. The molecule has 0 aromatic rings. The van der Waals surface area contributed by atoms with Crippen molar-refractivity contribution in [2.45, 2.75) is 85.4 Å². The summed E-state index contributed by atoms with van der Waals surface area (Å²) >= 11 is 0. The minimum Gasteiger partial charge on any atom is -0.461 e. The van der Waals surface area contributed by atoms with Crippen LogP contribution in [0.4, 0.5) is 0 Å². The molecule has 0 bridgehead atoms. The highest BCUT2D eigenvalue weighted by Gasteiger charge is 2.45. The fraction of sp³-hybridized carbons (Fsp3) is 0.810. The van der Waals surface area contributed by atoms with Gasteiger partial charge in [0.05, 0.1) is 6.61 Å². The molecule has 26 heavy (non-hydrogen) atoms. The Morgan fingerprint density at radius 1 is 1.27 bits per heavy atom. The van der Waals surface area contributed by atoms with E-state index in [4.69, 9.17) is 4.74 Å². The minimum atomic E-state index is -2.65. The van der Waals surface area contributed by atoms with Gasteiger partial charge in [-0.1, -0.05) is 45.8 Å². The summed E-state index contributed by atoms with van der Waals surface area (Å²) in [6, 6.07) is 0. The van der Waals surface area contributed by atoms with E-state index >= 15 is 0 Å². The Morgan fingerprint density at radius 3 is 2.54 bits per heavy atom. The first-order chi connectivity index (χ1) is 12.0. The van der Waals surface area contributed by atoms with E-state index in [0.717, 1.165) is 25.7 Å². The van der Waals surface area contributed by atoms with Crippen LogP contribution in [0.15, 0.2) is 11.6 Å². The van der Waals surface area contributed by atoms with Gasteiger partial charge in [0.2, 0.25) is 0 Å². The van der Waals surface area contributed by atoms with E-state index in [1.165, 1.54) is 5.57 Å². The van der Waals surface area contributed by atoms with Gasteiger partial charge in [0.25, 0.3) is 5.79 Å². The standard InChI is InChI=1S/C21H36O5/c1-6-17-13-16(3)10-7-9-15(2)11-8-12-26-19(23)21(24,25)14-20(4,5)18(17)22/h11,16-17,24-25H,6-10,12-14H2,1-5H3. The number of Topliss-reactive ketones (excluding diaryl/α,β-unsaturated/α-hetero) is 1. The SMILES string of the molecule is CCC1CC(C)CCCC(C)=CCCOC(=O)C(O)(O)CC(C)(C)C1=O. The maximum absolute atomic E-state index is 13.0. The lowest BCUT2D eigenvalue weighted by Crippen LogP contribution is -2.47. The summed E-state index contributed by atoms with van der Waals surface area (Å²) in [5.41, 5.74) is 0.222. The smallest absolute Gasteiger partial charge is 0.366 e. The van der Waals surface area contributed by atoms with E-state index in [2.05, 4.69) is 13.8 Å². The van der Waals surface area contributed by atoms with Crippen LogP contribution < -0.4 is 0 Å². The van der Waals surface area contributed by atoms with Gasteiger partial charge in [-0.25, -0.2) is 4.79 Å². The van der Waals surface area contributed by atoms with Crippen LogP contribution in [0.1, 0.15) is 79.6 Å². The third kappa shape index (κ3) is 6.84. The Bertz CT molecular complexity index is 518. The fourth-order valence-electron chi connectivity index (χ4n) is 3.79. The van der Waals surface area contributed by atoms with Crippen LogP contribution in [-0.4, -0.2) is 34.4 Å². The third-order valence-electron chi connectivity index (χ3n) is 5.34. The Balaban J connectivity index is 3.03. The third-order valence-corrected chi connectivity index (χ3v) is 5.34. The van der Waals surface area contributed by atoms with E-state index in [1.807, 2.05) is 13.0 Å². The van der Waals surface area contributed by atoms with Crippen LogP contribution in [0.5, 0.6) is 0 Å². The molecule has 0 aromatic heterocycles. The Kier molecular flexibility index (Phi) is 8.48. The van der Waals surface area contributed by atoms with Crippen molar-refractivity contribution in [1.82, 2.24) is 0 Å². The second-order valence-electron chi connectivity index (χ2n) is 8.55. The summed E-state index contributed by atoms with van der Waals surface area (Å²) < 4.78 is 5.01. The molecule has 1 aliphatic heterocycles. The first-order valence-electron chi connectivity index (χ1n) is 9.81. The summed E-state index contributed by atoms with van der Waals surface area (Å²) in [4.78, 5) is 25.1. The van der Waals surface area contributed by atoms with Gasteiger partial charge in [-0.15, -0.1) is 0 Å². The Morgan fingerprint density at radius 2 is 1.92 bits per heavy atom. The maximum Gasteiger partial charge on any atom is 0.366 e. The molecule has 2 atom stereocenters. The van der Waals surface area contributed by atoms with Crippen molar-refractivity contribution in [2.24, 2.45) is 17.3 Å². The normalized spacial score (nSPS) is 29.0. The molecule has 2 N–H and O–H groups in total. The van der Waals surface area contributed by atoms with Gasteiger partial charge in [-0.3, -0.25) is 4.79 Å². The van der Waals surface area contributed by atoms with Gasteiger partial charge in [-0.2, -0.15) is 0 Å². The number of carbonyl (C=O) groups excluding carboxylic acids is 2. The highest BCUT2D eigenvalue weighted by atomic mass is 16.6. The molecule has 0 saturated heterocycles. The quantitative estimate of drug-likeness (QED) is 0.418. The van der Waals surface area contributed by atoms with Crippen molar-refractivity contribution in [2.75, 3.05) is 6.61 Å². The lowest BCUT2D eigenvalue weighted by atomic mass is 9.73. The van der Waals surface area contributed by atoms with Gasteiger partial charge in [0.1, 0.15) is 5.78 Å². The van der Waals surface area contributed by atoms with Gasteiger partial charge in [0.15, 0.2) is 0 Å². The number of esters is 1. The van der Waals surface area contributed by atoms with Crippen molar-refractivity contribution in [3.8, 4) is 0 Å². The van der Waals surface area contributed by atoms with Crippen LogP contribution in [0.3, 0.4) is 0 Å². The second-order valence-corrected chi connectivity index (χ2v) is 8.55.